The normalized spacial score (nSPS) is 14.9. The first-order valence-corrected chi connectivity index (χ1v) is 8.84. The van der Waals surface area contributed by atoms with Crippen LogP contribution in [0, 0.1) is 0 Å². The largest absolute Gasteiger partial charge is 0.351 e. The van der Waals surface area contributed by atoms with Crippen LogP contribution in [0.25, 0.3) is 16.9 Å². The molecule has 4 rings (SSSR count). The van der Waals surface area contributed by atoms with Gasteiger partial charge >= 0.3 is 0 Å². The number of carbonyl (C=O) groups is 1. The topological polar surface area (TPSA) is 49.6 Å². The van der Waals surface area contributed by atoms with Gasteiger partial charge in [0, 0.05) is 31.0 Å². The van der Waals surface area contributed by atoms with E-state index in [-0.39, 0.29) is 5.91 Å². The monoisotopic (exact) mass is 334 g/mol. The lowest BCUT2D eigenvalue weighted by molar-refractivity contribution is 0.0949. The van der Waals surface area contributed by atoms with E-state index in [9.17, 15) is 4.79 Å². The van der Waals surface area contributed by atoms with Crippen molar-refractivity contribution in [3.63, 3.8) is 0 Å². The van der Waals surface area contributed by atoms with Gasteiger partial charge in [-0.15, -0.1) is 0 Å². The predicted molar refractivity (Wildman–Crippen MR) is 98.6 cm³/mol. The third kappa shape index (κ3) is 3.56. The van der Waals surface area contributed by atoms with Gasteiger partial charge in [-0.2, -0.15) is 0 Å². The van der Waals surface area contributed by atoms with Crippen molar-refractivity contribution in [1.29, 1.82) is 0 Å². The third-order valence-electron chi connectivity index (χ3n) is 4.70. The number of pyridine rings is 1. The summed E-state index contributed by atoms with van der Waals surface area (Å²) in [5, 5.41) is 3.01. The number of amides is 1. The zero-order valence-corrected chi connectivity index (χ0v) is 14.2. The fraction of sp³-hybridized carbons (Fsp3) is 0.300. The minimum atomic E-state index is -0.0314. The number of carbonyl (C=O) groups excluding carboxylic acids is 1. The van der Waals surface area contributed by atoms with Gasteiger partial charge < -0.3 is 14.6 Å². The number of nitrogens with zero attached hydrogens (tertiary/aromatic N) is 3. The molecular weight excluding hydrogens is 312 g/mol. The van der Waals surface area contributed by atoms with Crippen LogP contribution in [0.1, 0.15) is 23.2 Å². The van der Waals surface area contributed by atoms with Crippen LogP contribution in [0.4, 0.5) is 0 Å². The molecule has 0 aliphatic carbocycles. The molecule has 1 N–H and O–H groups in total. The quantitative estimate of drug-likeness (QED) is 0.780. The van der Waals surface area contributed by atoms with E-state index in [4.69, 9.17) is 0 Å². The highest BCUT2D eigenvalue weighted by molar-refractivity contribution is 5.94. The van der Waals surface area contributed by atoms with E-state index >= 15 is 0 Å². The number of rotatable bonds is 5. The highest BCUT2D eigenvalue weighted by Crippen LogP contribution is 2.19. The fourth-order valence-corrected chi connectivity index (χ4v) is 3.31. The number of aromatic nitrogens is 2. The molecule has 3 aromatic rings. The summed E-state index contributed by atoms with van der Waals surface area (Å²) in [6.07, 6.45) is 6.36. The average molecular weight is 334 g/mol. The smallest absolute Gasteiger partial charge is 0.252 e. The molecule has 1 aliphatic heterocycles. The van der Waals surface area contributed by atoms with Crippen LogP contribution in [0.2, 0.25) is 0 Å². The van der Waals surface area contributed by atoms with E-state index in [2.05, 4.69) is 15.2 Å². The first-order valence-electron chi connectivity index (χ1n) is 8.84. The second-order valence-corrected chi connectivity index (χ2v) is 6.48. The second-order valence-electron chi connectivity index (χ2n) is 6.48. The number of nitrogens with one attached hydrogen (secondary N) is 1. The van der Waals surface area contributed by atoms with Crippen LogP contribution >= 0.6 is 0 Å². The van der Waals surface area contributed by atoms with Crippen LogP contribution in [-0.2, 0) is 0 Å². The highest BCUT2D eigenvalue weighted by atomic mass is 16.1. The molecule has 0 atom stereocenters. The van der Waals surface area contributed by atoms with Gasteiger partial charge in [-0.25, -0.2) is 4.98 Å². The maximum atomic E-state index is 12.4. The molecule has 0 saturated carbocycles. The summed E-state index contributed by atoms with van der Waals surface area (Å²) in [6.45, 7) is 3.92. The summed E-state index contributed by atoms with van der Waals surface area (Å²) in [5.74, 6) is -0.0314. The summed E-state index contributed by atoms with van der Waals surface area (Å²) < 4.78 is 1.91. The van der Waals surface area contributed by atoms with Crippen molar-refractivity contribution in [2.45, 2.75) is 12.8 Å². The molecule has 3 heterocycles. The van der Waals surface area contributed by atoms with Gasteiger partial charge in [0.25, 0.3) is 5.91 Å². The van der Waals surface area contributed by atoms with E-state index < -0.39 is 0 Å². The zero-order valence-electron chi connectivity index (χ0n) is 14.2. The number of hydrogen-bond acceptors (Lipinski definition) is 3. The van der Waals surface area contributed by atoms with Gasteiger partial charge in [0.15, 0.2) is 0 Å². The molecule has 0 unspecified atom stereocenters. The molecule has 0 spiro atoms. The number of benzene rings is 1. The number of fused-ring (bicyclic) bond motifs is 1. The van der Waals surface area contributed by atoms with Gasteiger partial charge in [0.05, 0.1) is 11.3 Å². The number of imidazole rings is 1. The SMILES string of the molecule is O=C(NCCN1CCCC1)c1ccc2nc(-c3ccccc3)cn2c1. The summed E-state index contributed by atoms with van der Waals surface area (Å²) in [7, 11) is 0. The Kier molecular flexibility index (Phi) is 4.48. The Morgan fingerprint density at radius 2 is 1.84 bits per heavy atom. The molecular formula is C20H22N4O. The number of hydrogen-bond donors (Lipinski definition) is 1. The minimum absolute atomic E-state index is 0.0314. The van der Waals surface area contributed by atoms with Gasteiger partial charge in [0.1, 0.15) is 5.65 Å². The first-order chi connectivity index (χ1) is 12.3. The van der Waals surface area contributed by atoms with Gasteiger partial charge in [0.2, 0.25) is 0 Å². The van der Waals surface area contributed by atoms with E-state index in [0.717, 1.165) is 36.5 Å². The zero-order chi connectivity index (χ0) is 17.1. The average Bonchev–Trinajstić information content (AvgIpc) is 3.31. The van der Waals surface area contributed by atoms with E-state index in [1.54, 1.807) is 0 Å². The molecule has 1 amide bonds. The van der Waals surface area contributed by atoms with Crippen molar-refractivity contribution in [2.24, 2.45) is 0 Å². The Labute approximate surface area is 147 Å². The van der Waals surface area contributed by atoms with E-state index in [1.165, 1.54) is 12.8 Å². The van der Waals surface area contributed by atoms with E-state index in [0.29, 0.717) is 12.1 Å². The van der Waals surface area contributed by atoms with Crippen molar-refractivity contribution in [3.05, 3.63) is 60.4 Å². The maximum absolute atomic E-state index is 12.4. The van der Waals surface area contributed by atoms with Crippen molar-refractivity contribution in [1.82, 2.24) is 19.6 Å². The molecule has 128 valence electrons. The van der Waals surface area contributed by atoms with Crippen molar-refractivity contribution >= 4 is 11.6 Å². The number of likely N-dealkylation sites (tertiary alicyclic amines) is 1. The van der Waals surface area contributed by atoms with Crippen LogP contribution < -0.4 is 5.32 Å². The summed E-state index contributed by atoms with van der Waals surface area (Å²) in [4.78, 5) is 19.4. The van der Waals surface area contributed by atoms with Crippen molar-refractivity contribution < 1.29 is 4.79 Å². The van der Waals surface area contributed by atoms with Gasteiger partial charge in [-0.3, -0.25) is 4.79 Å². The highest BCUT2D eigenvalue weighted by Gasteiger charge is 2.12. The summed E-state index contributed by atoms with van der Waals surface area (Å²) in [6, 6.07) is 13.8. The van der Waals surface area contributed by atoms with Crippen LogP contribution in [0.3, 0.4) is 0 Å². The molecule has 2 aromatic heterocycles. The lowest BCUT2D eigenvalue weighted by Crippen LogP contribution is -2.33. The lowest BCUT2D eigenvalue weighted by Gasteiger charge is -2.14. The minimum Gasteiger partial charge on any atom is -0.351 e. The summed E-state index contributed by atoms with van der Waals surface area (Å²) >= 11 is 0. The first kappa shape index (κ1) is 15.8. The molecule has 25 heavy (non-hydrogen) atoms. The molecule has 0 bridgehead atoms. The third-order valence-corrected chi connectivity index (χ3v) is 4.70. The molecule has 1 fully saturated rings. The maximum Gasteiger partial charge on any atom is 0.252 e. The Hall–Kier alpha value is -2.66. The molecule has 5 nitrogen and oxygen atoms in total. The molecule has 5 heteroatoms. The molecule has 1 saturated heterocycles. The lowest BCUT2D eigenvalue weighted by atomic mass is 10.2. The van der Waals surface area contributed by atoms with Gasteiger partial charge in [-0.1, -0.05) is 30.3 Å². The van der Waals surface area contributed by atoms with Crippen molar-refractivity contribution in [2.75, 3.05) is 26.2 Å². The summed E-state index contributed by atoms with van der Waals surface area (Å²) in [5.41, 5.74) is 3.48. The second kappa shape index (κ2) is 7.07. The Bertz CT molecular complexity index is 866. The Balaban J connectivity index is 1.45. The Morgan fingerprint density at radius 1 is 1.04 bits per heavy atom. The van der Waals surface area contributed by atoms with Crippen LogP contribution in [0.5, 0.6) is 0 Å². The standard InChI is InChI=1S/C20H22N4O/c25-20(21-10-13-23-11-4-5-12-23)17-8-9-19-22-18(15-24(19)14-17)16-6-2-1-3-7-16/h1-3,6-9,14-15H,4-5,10-13H2,(H,21,25). The van der Waals surface area contributed by atoms with Crippen LogP contribution in [-0.4, -0.2) is 46.4 Å². The van der Waals surface area contributed by atoms with Crippen LogP contribution in [0.15, 0.2) is 54.9 Å². The molecule has 0 radical (unpaired) electrons. The Morgan fingerprint density at radius 3 is 2.64 bits per heavy atom. The molecule has 1 aliphatic rings. The van der Waals surface area contributed by atoms with Crippen molar-refractivity contribution in [3.8, 4) is 11.3 Å². The fourth-order valence-electron chi connectivity index (χ4n) is 3.31. The predicted octanol–water partition coefficient (Wildman–Crippen LogP) is 2.83. The molecule has 1 aromatic carbocycles. The van der Waals surface area contributed by atoms with E-state index in [1.807, 2.05) is 59.3 Å². The van der Waals surface area contributed by atoms with Gasteiger partial charge in [-0.05, 0) is 38.1 Å².